The second-order valence-corrected chi connectivity index (χ2v) is 2.41. The van der Waals surface area contributed by atoms with Crippen LogP contribution in [0, 0.1) is 0 Å². The molecule has 0 spiro atoms. The fraction of sp³-hybridized carbons (Fsp3) is 1.00. The summed E-state index contributed by atoms with van der Waals surface area (Å²) in [4.78, 5) is 0. The Labute approximate surface area is 71.4 Å². The molecule has 0 aromatic rings. The van der Waals surface area contributed by atoms with Gasteiger partial charge in [0.05, 0.1) is 19.3 Å². The van der Waals surface area contributed by atoms with Crippen molar-refractivity contribution in [2.24, 2.45) is 0 Å². The lowest BCUT2D eigenvalue weighted by Gasteiger charge is -2.10. The first-order chi connectivity index (χ1) is 4.85. The summed E-state index contributed by atoms with van der Waals surface area (Å²) in [7, 11) is 1.62. The molecule has 0 amide bonds. The van der Waals surface area contributed by atoms with Gasteiger partial charge in [0.25, 0.3) is 0 Å². The molecule has 0 heterocycles. The van der Waals surface area contributed by atoms with Crippen LogP contribution in [0.3, 0.4) is 0 Å². The molecule has 0 aliphatic rings. The van der Waals surface area contributed by atoms with Crippen LogP contribution in [-0.4, -0.2) is 38.2 Å². The number of halogens is 2. The van der Waals surface area contributed by atoms with Gasteiger partial charge < -0.3 is 9.47 Å². The molecule has 0 aliphatic carbocycles. The van der Waals surface area contributed by atoms with E-state index in [0.29, 0.717) is 25.0 Å². The molecular formula is C6H12Cl2O2. The van der Waals surface area contributed by atoms with Crippen molar-refractivity contribution >= 4 is 23.2 Å². The van der Waals surface area contributed by atoms with Crippen LogP contribution in [0.2, 0.25) is 0 Å². The van der Waals surface area contributed by atoms with E-state index in [1.54, 1.807) is 7.11 Å². The average molecular weight is 187 g/mol. The van der Waals surface area contributed by atoms with Crippen LogP contribution in [0.4, 0.5) is 0 Å². The monoisotopic (exact) mass is 186 g/mol. The third kappa shape index (κ3) is 5.30. The molecule has 0 atom stereocenters. The predicted octanol–water partition coefficient (Wildman–Crippen LogP) is 1.50. The van der Waals surface area contributed by atoms with Crippen molar-refractivity contribution in [3.05, 3.63) is 0 Å². The molecule has 62 valence electrons. The van der Waals surface area contributed by atoms with Crippen molar-refractivity contribution in [3.8, 4) is 0 Å². The topological polar surface area (TPSA) is 18.5 Å². The Balaban J connectivity index is 3.09. The van der Waals surface area contributed by atoms with Gasteiger partial charge in [0.1, 0.15) is 0 Å². The zero-order valence-electron chi connectivity index (χ0n) is 5.98. The summed E-state index contributed by atoms with van der Waals surface area (Å²) in [6.07, 6.45) is -0.0431. The van der Waals surface area contributed by atoms with Gasteiger partial charge in [-0.3, -0.25) is 0 Å². The van der Waals surface area contributed by atoms with E-state index in [1.807, 2.05) is 0 Å². The Hall–Kier alpha value is 0.500. The van der Waals surface area contributed by atoms with Gasteiger partial charge in [0.2, 0.25) is 0 Å². The number of rotatable bonds is 6. The maximum atomic E-state index is 5.50. The predicted molar refractivity (Wildman–Crippen MR) is 43.1 cm³/mol. The van der Waals surface area contributed by atoms with E-state index in [9.17, 15) is 0 Å². The molecule has 0 N–H and O–H groups in total. The van der Waals surface area contributed by atoms with E-state index in [0.717, 1.165) is 0 Å². The molecule has 0 unspecified atom stereocenters. The second kappa shape index (κ2) is 7.61. The van der Waals surface area contributed by atoms with E-state index in [-0.39, 0.29) is 6.10 Å². The van der Waals surface area contributed by atoms with Gasteiger partial charge in [-0.2, -0.15) is 0 Å². The van der Waals surface area contributed by atoms with E-state index in [2.05, 4.69) is 0 Å². The molecular weight excluding hydrogens is 175 g/mol. The summed E-state index contributed by atoms with van der Waals surface area (Å²) in [6.45, 7) is 1.14. The fourth-order valence-corrected chi connectivity index (χ4v) is 0.937. The molecule has 0 rings (SSSR count). The Bertz CT molecular complexity index is 66.8. The zero-order chi connectivity index (χ0) is 7.82. The molecule has 0 aromatic carbocycles. The lowest BCUT2D eigenvalue weighted by Crippen LogP contribution is -2.19. The third-order valence-electron chi connectivity index (χ3n) is 0.985. The summed E-state index contributed by atoms with van der Waals surface area (Å²) in [6, 6.07) is 0. The minimum absolute atomic E-state index is 0.0431. The molecule has 0 saturated heterocycles. The molecule has 0 radical (unpaired) electrons. The van der Waals surface area contributed by atoms with E-state index in [4.69, 9.17) is 32.7 Å². The van der Waals surface area contributed by atoms with Gasteiger partial charge in [-0.1, -0.05) is 0 Å². The lowest BCUT2D eigenvalue weighted by molar-refractivity contribution is 0.0382. The van der Waals surface area contributed by atoms with Crippen LogP contribution in [0.25, 0.3) is 0 Å². The van der Waals surface area contributed by atoms with Crippen LogP contribution in [0.5, 0.6) is 0 Å². The first-order valence-electron chi connectivity index (χ1n) is 3.07. The minimum atomic E-state index is -0.0431. The van der Waals surface area contributed by atoms with Gasteiger partial charge in [-0.25, -0.2) is 0 Å². The Morgan fingerprint density at radius 1 is 1.20 bits per heavy atom. The van der Waals surface area contributed by atoms with Crippen molar-refractivity contribution in [3.63, 3.8) is 0 Å². The summed E-state index contributed by atoms with van der Waals surface area (Å²) in [5, 5.41) is 0. The number of alkyl halides is 2. The number of hydrogen-bond donors (Lipinski definition) is 0. The molecule has 0 fully saturated rings. The van der Waals surface area contributed by atoms with Crippen molar-refractivity contribution in [2.45, 2.75) is 6.10 Å². The second-order valence-electron chi connectivity index (χ2n) is 1.79. The van der Waals surface area contributed by atoms with Crippen molar-refractivity contribution in [1.82, 2.24) is 0 Å². The Kier molecular flexibility index (Phi) is 7.99. The summed E-state index contributed by atoms with van der Waals surface area (Å²) in [5.41, 5.74) is 0. The molecule has 0 aliphatic heterocycles. The molecule has 0 saturated carbocycles. The van der Waals surface area contributed by atoms with Gasteiger partial charge in [-0.05, 0) is 0 Å². The molecule has 10 heavy (non-hydrogen) atoms. The minimum Gasteiger partial charge on any atom is -0.382 e. The van der Waals surface area contributed by atoms with Crippen LogP contribution in [0.15, 0.2) is 0 Å². The Morgan fingerprint density at radius 3 is 2.20 bits per heavy atom. The Morgan fingerprint density at radius 2 is 1.80 bits per heavy atom. The van der Waals surface area contributed by atoms with E-state index >= 15 is 0 Å². The first kappa shape index (κ1) is 10.5. The van der Waals surface area contributed by atoms with Gasteiger partial charge in [0, 0.05) is 18.9 Å². The standard InChI is InChI=1S/C6H12Cl2O2/c1-9-2-3-10-6(4-7)5-8/h6H,2-5H2,1H3. The largest absolute Gasteiger partial charge is 0.382 e. The van der Waals surface area contributed by atoms with E-state index in [1.165, 1.54) is 0 Å². The summed E-state index contributed by atoms with van der Waals surface area (Å²) in [5.74, 6) is 0.875. The number of methoxy groups -OCH3 is 1. The van der Waals surface area contributed by atoms with Crippen molar-refractivity contribution in [1.29, 1.82) is 0 Å². The smallest absolute Gasteiger partial charge is 0.0846 e. The van der Waals surface area contributed by atoms with Gasteiger partial charge >= 0.3 is 0 Å². The summed E-state index contributed by atoms with van der Waals surface area (Å²) < 4.78 is 9.96. The third-order valence-corrected chi connectivity index (χ3v) is 1.67. The molecule has 2 nitrogen and oxygen atoms in total. The maximum absolute atomic E-state index is 5.50. The van der Waals surface area contributed by atoms with Crippen LogP contribution in [0.1, 0.15) is 0 Å². The molecule has 0 bridgehead atoms. The maximum Gasteiger partial charge on any atom is 0.0846 e. The SMILES string of the molecule is COCCOC(CCl)CCl. The van der Waals surface area contributed by atoms with Gasteiger partial charge in [-0.15, -0.1) is 23.2 Å². The highest BCUT2D eigenvalue weighted by Gasteiger charge is 2.03. The van der Waals surface area contributed by atoms with Crippen molar-refractivity contribution in [2.75, 3.05) is 32.1 Å². The van der Waals surface area contributed by atoms with Crippen LogP contribution >= 0.6 is 23.2 Å². The zero-order valence-corrected chi connectivity index (χ0v) is 7.49. The van der Waals surface area contributed by atoms with Crippen molar-refractivity contribution < 1.29 is 9.47 Å². The highest BCUT2D eigenvalue weighted by atomic mass is 35.5. The first-order valence-corrected chi connectivity index (χ1v) is 4.14. The number of hydrogen-bond acceptors (Lipinski definition) is 2. The summed E-state index contributed by atoms with van der Waals surface area (Å²) >= 11 is 11.0. The molecule has 0 aromatic heterocycles. The molecule has 4 heteroatoms. The highest BCUT2D eigenvalue weighted by Crippen LogP contribution is 1.97. The number of ether oxygens (including phenoxy) is 2. The van der Waals surface area contributed by atoms with Crippen LogP contribution in [-0.2, 0) is 9.47 Å². The highest BCUT2D eigenvalue weighted by molar-refractivity contribution is 6.21. The fourth-order valence-electron chi connectivity index (χ4n) is 0.428. The average Bonchev–Trinajstić information content (AvgIpc) is 1.99. The quantitative estimate of drug-likeness (QED) is 0.463. The normalized spacial score (nSPS) is 10.8. The van der Waals surface area contributed by atoms with Crippen LogP contribution < -0.4 is 0 Å². The lowest BCUT2D eigenvalue weighted by atomic mass is 10.5. The van der Waals surface area contributed by atoms with E-state index < -0.39 is 0 Å². The van der Waals surface area contributed by atoms with Gasteiger partial charge in [0.15, 0.2) is 0 Å².